The van der Waals surface area contributed by atoms with Crippen molar-refractivity contribution in [1.82, 2.24) is 19.4 Å². The summed E-state index contributed by atoms with van der Waals surface area (Å²) < 4.78 is 1.93. The van der Waals surface area contributed by atoms with Crippen LogP contribution in [0.5, 0.6) is 0 Å². The Kier molecular flexibility index (Phi) is 4.11. The molecule has 3 rings (SSSR count). The van der Waals surface area contributed by atoms with E-state index in [9.17, 15) is 0 Å². The summed E-state index contributed by atoms with van der Waals surface area (Å²) in [6.07, 6.45) is 11.5. The van der Waals surface area contributed by atoms with Crippen LogP contribution in [0.3, 0.4) is 0 Å². The van der Waals surface area contributed by atoms with Crippen LogP contribution in [-0.2, 0) is 6.54 Å². The molecule has 2 aromatic rings. The van der Waals surface area contributed by atoms with Gasteiger partial charge in [0.1, 0.15) is 12.1 Å². The zero-order valence-electron chi connectivity index (χ0n) is 12.1. The fourth-order valence-corrected chi connectivity index (χ4v) is 2.94. The minimum absolute atomic E-state index is 0.877. The average molecular weight is 270 g/mol. The lowest BCUT2D eigenvalue weighted by Gasteiger charge is -2.32. The van der Waals surface area contributed by atoms with Gasteiger partial charge in [0, 0.05) is 31.7 Å². The Bertz CT molecular complexity index is 518. The van der Waals surface area contributed by atoms with Crippen molar-refractivity contribution >= 4 is 0 Å². The Labute approximate surface area is 120 Å². The van der Waals surface area contributed by atoms with Crippen LogP contribution in [0.4, 0.5) is 0 Å². The quantitative estimate of drug-likeness (QED) is 0.856. The highest BCUT2D eigenvalue weighted by Crippen LogP contribution is 2.20. The maximum Gasteiger partial charge on any atom is 0.137 e. The number of rotatable bonds is 4. The highest BCUT2D eigenvalue weighted by molar-refractivity contribution is 5.25. The third-order valence-corrected chi connectivity index (χ3v) is 4.16. The molecule has 1 saturated heterocycles. The minimum Gasteiger partial charge on any atom is -0.299 e. The van der Waals surface area contributed by atoms with E-state index in [1.165, 1.54) is 37.9 Å². The van der Waals surface area contributed by atoms with Gasteiger partial charge in [-0.3, -0.25) is 9.47 Å². The molecule has 0 unspecified atom stereocenters. The normalized spacial score (nSPS) is 20.1. The first-order chi connectivity index (χ1) is 9.85. The van der Waals surface area contributed by atoms with Crippen molar-refractivity contribution in [2.24, 2.45) is 5.92 Å². The molecule has 0 aromatic carbocycles. The zero-order valence-corrected chi connectivity index (χ0v) is 12.1. The molecule has 1 atom stereocenters. The Hall–Kier alpha value is -1.68. The van der Waals surface area contributed by atoms with Crippen LogP contribution >= 0.6 is 0 Å². The van der Waals surface area contributed by atoms with Crippen molar-refractivity contribution in [2.75, 3.05) is 13.1 Å². The molecule has 0 spiro atoms. The number of imidazole rings is 1. The summed E-state index contributed by atoms with van der Waals surface area (Å²) in [4.78, 5) is 11.1. The van der Waals surface area contributed by atoms with Gasteiger partial charge in [0.05, 0.1) is 0 Å². The molecule has 2 aromatic heterocycles. The van der Waals surface area contributed by atoms with Crippen molar-refractivity contribution in [3.05, 3.63) is 42.6 Å². The molecule has 0 radical (unpaired) electrons. The van der Waals surface area contributed by atoms with Crippen LogP contribution in [0.2, 0.25) is 0 Å². The second-order valence-electron chi connectivity index (χ2n) is 5.65. The maximum atomic E-state index is 4.52. The molecule has 0 aliphatic carbocycles. The van der Waals surface area contributed by atoms with Gasteiger partial charge in [-0.2, -0.15) is 0 Å². The molecule has 3 heterocycles. The number of hydrogen-bond acceptors (Lipinski definition) is 3. The molecular formula is C16H22N4. The first kappa shape index (κ1) is 13.3. The number of pyridine rings is 1. The van der Waals surface area contributed by atoms with Crippen molar-refractivity contribution in [1.29, 1.82) is 0 Å². The molecule has 1 aliphatic heterocycles. The van der Waals surface area contributed by atoms with Gasteiger partial charge in [-0.1, -0.05) is 19.4 Å². The van der Waals surface area contributed by atoms with Crippen LogP contribution in [0.15, 0.2) is 37.1 Å². The van der Waals surface area contributed by atoms with E-state index in [0.29, 0.717) is 0 Å². The summed E-state index contributed by atoms with van der Waals surface area (Å²) in [5.74, 6) is 1.80. The van der Waals surface area contributed by atoms with Crippen molar-refractivity contribution in [3.8, 4) is 5.82 Å². The molecule has 0 saturated carbocycles. The monoisotopic (exact) mass is 270 g/mol. The average Bonchev–Trinajstić information content (AvgIpc) is 3.02. The van der Waals surface area contributed by atoms with Crippen LogP contribution in [0.25, 0.3) is 5.82 Å². The van der Waals surface area contributed by atoms with Crippen molar-refractivity contribution in [3.63, 3.8) is 0 Å². The van der Waals surface area contributed by atoms with Gasteiger partial charge in [-0.15, -0.1) is 0 Å². The van der Waals surface area contributed by atoms with E-state index in [1.807, 2.05) is 17.0 Å². The van der Waals surface area contributed by atoms with E-state index >= 15 is 0 Å². The third-order valence-electron chi connectivity index (χ3n) is 4.16. The standard InChI is InChI=1S/C16H22N4/c1-2-14-4-3-8-19(11-14)12-15-5-6-16(18-10-15)20-9-7-17-13-20/h5-7,9-10,13-14H,2-4,8,11-12H2,1H3/t14-/m0/s1. The second kappa shape index (κ2) is 6.18. The first-order valence-electron chi connectivity index (χ1n) is 7.50. The van der Waals surface area contributed by atoms with E-state index in [1.54, 1.807) is 12.5 Å². The molecule has 0 bridgehead atoms. The summed E-state index contributed by atoms with van der Waals surface area (Å²) in [6, 6.07) is 4.25. The highest BCUT2D eigenvalue weighted by atomic mass is 15.1. The molecule has 4 heteroatoms. The highest BCUT2D eigenvalue weighted by Gasteiger charge is 2.18. The Morgan fingerprint density at radius 2 is 2.30 bits per heavy atom. The summed E-state index contributed by atoms with van der Waals surface area (Å²) in [6.45, 7) is 5.78. The van der Waals surface area contributed by atoms with E-state index in [-0.39, 0.29) is 0 Å². The summed E-state index contributed by atoms with van der Waals surface area (Å²) in [5, 5.41) is 0. The SMILES string of the molecule is CC[C@H]1CCCN(Cc2ccc(-n3ccnc3)nc2)C1. The Balaban J connectivity index is 1.63. The lowest BCUT2D eigenvalue weighted by atomic mass is 9.95. The molecule has 20 heavy (non-hydrogen) atoms. The fraction of sp³-hybridized carbons (Fsp3) is 0.500. The lowest BCUT2D eigenvalue weighted by Crippen LogP contribution is -2.34. The predicted octanol–water partition coefficient (Wildman–Crippen LogP) is 2.89. The van der Waals surface area contributed by atoms with Crippen LogP contribution in [0, 0.1) is 5.92 Å². The van der Waals surface area contributed by atoms with E-state index < -0.39 is 0 Å². The molecule has 1 fully saturated rings. The van der Waals surface area contributed by atoms with Crippen molar-refractivity contribution < 1.29 is 0 Å². The van der Waals surface area contributed by atoms with Gasteiger partial charge in [0.25, 0.3) is 0 Å². The summed E-state index contributed by atoms with van der Waals surface area (Å²) >= 11 is 0. The Morgan fingerprint density at radius 1 is 1.35 bits per heavy atom. The fourth-order valence-electron chi connectivity index (χ4n) is 2.94. The lowest BCUT2D eigenvalue weighted by molar-refractivity contribution is 0.164. The van der Waals surface area contributed by atoms with E-state index in [2.05, 4.69) is 33.9 Å². The zero-order chi connectivity index (χ0) is 13.8. The number of hydrogen-bond donors (Lipinski definition) is 0. The Morgan fingerprint density at radius 3 is 3.00 bits per heavy atom. The topological polar surface area (TPSA) is 34.0 Å². The van der Waals surface area contributed by atoms with Gasteiger partial charge in [0.15, 0.2) is 0 Å². The van der Waals surface area contributed by atoms with Gasteiger partial charge < -0.3 is 0 Å². The summed E-state index contributed by atoms with van der Waals surface area (Å²) in [5.41, 5.74) is 1.30. The van der Waals surface area contributed by atoms with Gasteiger partial charge in [-0.25, -0.2) is 9.97 Å². The largest absolute Gasteiger partial charge is 0.299 e. The molecule has 4 nitrogen and oxygen atoms in total. The molecule has 106 valence electrons. The van der Waals surface area contributed by atoms with Gasteiger partial charge >= 0.3 is 0 Å². The molecular weight excluding hydrogens is 248 g/mol. The number of aromatic nitrogens is 3. The molecule has 0 amide bonds. The third kappa shape index (κ3) is 3.07. The van der Waals surface area contributed by atoms with Gasteiger partial charge in [0.2, 0.25) is 0 Å². The van der Waals surface area contributed by atoms with Crippen LogP contribution in [-0.4, -0.2) is 32.5 Å². The number of piperidine rings is 1. The predicted molar refractivity (Wildman–Crippen MR) is 79.7 cm³/mol. The molecule has 1 aliphatic rings. The van der Waals surface area contributed by atoms with Gasteiger partial charge in [-0.05, 0) is 36.9 Å². The van der Waals surface area contributed by atoms with Crippen LogP contribution < -0.4 is 0 Å². The minimum atomic E-state index is 0.877. The smallest absolute Gasteiger partial charge is 0.137 e. The first-order valence-corrected chi connectivity index (χ1v) is 7.50. The molecule has 0 N–H and O–H groups in total. The maximum absolute atomic E-state index is 4.52. The second-order valence-corrected chi connectivity index (χ2v) is 5.65. The summed E-state index contributed by atoms with van der Waals surface area (Å²) in [7, 11) is 0. The van der Waals surface area contributed by atoms with Crippen LogP contribution in [0.1, 0.15) is 31.7 Å². The van der Waals surface area contributed by atoms with E-state index in [0.717, 1.165) is 18.3 Å². The van der Waals surface area contributed by atoms with Crippen molar-refractivity contribution in [2.45, 2.75) is 32.7 Å². The van der Waals surface area contributed by atoms with E-state index in [4.69, 9.17) is 0 Å². The number of likely N-dealkylation sites (tertiary alicyclic amines) is 1. The number of nitrogens with zero attached hydrogens (tertiary/aromatic N) is 4.